The molecule has 7 nitrogen and oxygen atoms in total. The smallest absolute Gasteiger partial charge is 0.267 e. The van der Waals surface area contributed by atoms with Crippen molar-refractivity contribution in [1.82, 2.24) is 25.1 Å². The molecule has 3 rings (SSSR count). The topological polar surface area (TPSA) is 89.8 Å². The van der Waals surface area contributed by atoms with Crippen LogP contribution in [0.5, 0.6) is 0 Å². The Kier molecular flexibility index (Phi) is 4.71. The monoisotopic (exact) mass is 321 g/mol. The van der Waals surface area contributed by atoms with Crippen molar-refractivity contribution in [2.75, 3.05) is 0 Å². The van der Waals surface area contributed by atoms with E-state index in [0.29, 0.717) is 6.54 Å². The highest BCUT2D eigenvalue weighted by Crippen LogP contribution is 2.16. The molecule has 0 aliphatic heterocycles. The lowest BCUT2D eigenvalue weighted by molar-refractivity contribution is -0.122. The van der Waals surface area contributed by atoms with Crippen LogP contribution in [0.3, 0.4) is 0 Å². The summed E-state index contributed by atoms with van der Waals surface area (Å²) in [4.78, 5) is 31.8. The van der Waals surface area contributed by atoms with Gasteiger partial charge in [0.05, 0.1) is 5.69 Å². The quantitative estimate of drug-likeness (QED) is 0.757. The second-order valence-corrected chi connectivity index (χ2v) is 5.08. The number of amides is 1. The Labute approximate surface area is 138 Å². The van der Waals surface area contributed by atoms with Gasteiger partial charge in [0.1, 0.15) is 6.54 Å². The first-order chi connectivity index (χ1) is 11.7. The van der Waals surface area contributed by atoms with Crippen molar-refractivity contribution in [3.8, 4) is 11.3 Å². The van der Waals surface area contributed by atoms with Crippen LogP contribution >= 0.6 is 0 Å². The lowest BCUT2D eigenvalue weighted by atomic mass is 10.1. The second-order valence-electron chi connectivity index (χ2n) is 5.08. The van der Waals surface area contributed by atoms with Crippen LogP contribution in [-0.4, -0.2) is 25.7 Å². The lowest BCUT2D eigenvalue weighted by Gasteiger charge is -2.07. The molecule has 0 aliphatic rings. The predicted molar refractivity (Wildman–Crippen MR) is 87.8 cm³/mol. The standard InChI is InChI=1S/C17H15N5O2/c23-16(12-22-17(24)2-1-6-21-22)20-11-13-3-9-19-15(10-13)14-4-7-18-8-5-14/h1-10H,11-12H2,(H,20,23). The van der Waals surface area contributed by atoms with E-state index in [-0.39, 0.29) is 18.0 Å². The van der Waals surface area contributed by atoms with E-state index in [9.17, 15) is 9.59 Å². The maximum absolute atomic E-state index is 12.0. The Hall–Kier alpha value is -3.35. The van der Waals surface area contributed by atoms with E-state index < -0.39 is 0 Å². The molecule has 0 aliphatic carbocycles. The van der Waals surface area contributed by atoms with Crippen molar-refractivity contribution in [2.24, 2.45) is 0 Å². The minimum Gasteiger partial charge on any atom is -0.350 e. The molecule has 24 heavy (non-hydrogen) atoms. The third kappa shape index (κ3) is 3.89. The zero-order valence-corrected chi connectivity index (χ0v) is 12.8. The van der Waals surface area contributed by atoms with Gasteiger partial charge in [-0.1, -0.05) is 0 Å². The summed E-state index contributed by atoms with van der Waals surface area (Å²) in [5, 5.41) is 6.63. The van der Waals surface area contributed by atoms with E-state index in [0.717, 1.165) is 21.5 Å². The van der Waals surface area contributed by atoms with Crippen molar-refractivity contribution in [2.45, 2.75) is 13.1 Å². The molecule has 0 unspecified atom stereocenters. The molecule has 1 amide bonds. The van der Waals surface area contributed by atoms with E-state index in [4.69, 9.17) is 0 Å². The van der Waals surface area contributed by atoms with Gasteiger partial charge >= 0.3 is 0 Å². The van der Waals surface area contributed by atoms with Gasteiger partial charge in [-0.15, -0.1) is 0 Å². The van der Waals surface area contributed by atoms with Gasteiger partial charge in [-0.05, 0) is 35.9 Å². The van der Waals surface area contributed by atoms with Gasteiger partial charge in [0, 0.05) is 43.0 Å². The van der Waals surface area contributed by atoms with Gasteiger partial charge < -0.3 is 5.32 Å². The molecule has 0 atom stereocenters. The minimum atomic E-state index is -0.309. The van der Waals surface area contributed by atoms with E-state index in [2.05, 4.69) is 20.4 Å². The molecule has 0 fully saturated rings. The normalized spacial score (nSPS) is 10.3. The molecule has 0 saturated heterocycles. The Balaban J connectivity index is 1.64. The minimum absolute atomic E-state index is 0.109. The molecule has 0 spiro atoms. The maximum Gasteiger partial charge on any atom is 0.267 e. The number of carbonyl (C=O) groups excluding carboxylic acids is 1. The molecule has 3 aromatic rings. The van der Waals surface area contributed by atoms with Crippen molar-refractivity contribution in [1.29, 1.82) is 0 Å². The van der Waals surface area contributed by atoms with Gasteiger partial charge in [0.15, 0.2) is 0 Å². The average molecular weight is 321 g/mol. The van der Waals surface area contributed by atoms with Crippen molar-refractivity contribution >= 4 is 5.91 Å². The Morgan fingerprint density at radius 2 is 1.92 bits per heavy atom. The molecule has 3 aromatic heterocycles. The summed E-state index contributed by atoms with van der Waals surface area (Å²) in [6.45, 7) is 0.239. The highest BCUT2D eigenvalue weighted by atomic mass is 16.2. The molecular formula is C17H15N5O2. The number of nitrogens with zero attached hydrogens (tertiary/aromatic N) is 4. The van der Waals surface area contributed by atoms with E-state index >= 15 is 0 Å². The summed E-state index contributed by atoms with van der Waals surface area (Å²) in [7, 11) is 0. The fraction of sp³-hybridized carbons (Fsp3) is 0.118. The van der Waals surface area contributed by atoms with E-state index in [1.54, 1.807) is 18.6 Å². The van der Waals surface area contributed by atoms with Crippen LogP contribution in [0.2, 0.25) is 0 Å². The van der Waals surface area contributed by atoms with Crippen LogP contribution in [0.15, 0.2) is 66.0 Å². The lowest BCUT2D eigenvalue weighted by Crippen LogP contribution is -2.32. The first-order valence-corrected chi connectivity index (χ1v) is 7.36. The van der Waals surface area contributed by atoms with E-state index in [1.807, 2.05) is 24.3 Å². The highest BCUT2D eigenvalue weighted by molar-refractivity contribution is 5.75. The fourth-order valence-corrected chi connectivity index (χ4v) is 2.16. The fourth-order valence-electron chi connectivity index (χ4n) is 2.16. The van der Waals surface area contributed by atoms with Gasteiger partial charge in [-0.3, -0.25) is 19.6 Å². The molecular weight excluding hydrogens is 306 g/mol. The Morgan fingerprint density at radius 1 is 1.08 bits per heavy atom. The predicted octanol–water partition coefficient (Wildman–Crippen LogP) is 1.02. The highest BCUT2D eigenvalue weighted by Gasteiger charge is 2.06. The SMILES string of the molecule is O=C(Cn1ncccc1=O)NCc1ccnc(-c2ccncc2)c1. The van der Waals surface area contributed by atoms with Crippen LogP contribution in [0.1, 0.15) is 5.56 Å². The van der Waals surface area contributed by atoms with Crippen LogP contribution in [0.25, 0.3) is 11.3 Å². The van der Waals surface area contributed by atoms with Gasteiger partial charge in [0.25, 0.3) is 5.56 Å². The largest absolute Gasteiger partial charge is 0.350 e. The van der Waals surface area contributed by atoms with Crippen molar-refractivity contribution in [3.63, 3.8) is 0 Å². The van der Waals surface area contributed by atoms with Crippen molar-refractivity contribution < 1.29 is 4.79 Å². The summed E-state index contributed by atoms with van der Waals surface area (Å²) in [6, 6.07) is 10.4. The van der Waals surface area contributed by atoms with Gasteiger partial charge in [-0.2, -0.15) is 5.10 Å². The maximum atomic E-state index is 12.0. The molecule has 0 bridgehead atoms. The number of hydrogen-bond acceptors (Lipinski definition) is 5. The Bertz CT molecular complexity index is 892. The first-order valence-electron chi connectivity index (χ1n) is 7.36. The number of aromatic nitrogens is 4. The Morgan fingerprint density at radius 3 is 2.71 bits per heavy atom. The van der Waals surface area contributed by atoms with Crippen LogP contribution in [0, 0.1) is 0 Å². The summed E-state index contributed by atoms with van der Waals surface area (Å²) in [6.07, 6.45) is 6.57. The van der Waals surface area contributed by atoms with E-state index in [1.165, 1.54) is 18.3 Å². The number of carbonyl (C=O) groups is 1. The number of pyridine rings is 2. The average Bonchev–Trinajstić information content (AvgIpc) is 2.63. The zero-order valence-electron chi connectivity index (χ0n) is 12.8. The van der Waals surface area contributed by atoms with Crippen molar-refractivity contribution in [3.05, 3.63) is 77.1 Å². The summed E-state index contributed by atoms with van der Waals surface area (Å²) >= 11 is 0. The third-order valence-corrected chi connectivity index (χ3v) is 3.37. The number of hydrogen-bond donors (Lipinski definition) is 1. The zero-order chi connectivity index (χ0) is 16.8. The molecule has 120 valence electrons. The summed E-state index contributed by atoms with van der Waals surface area (Å²) < 4.78 is 1.12. The number of rotatable bonds is 5. The molecule has 0 radical (unpaired) electrons. The van der Waals surface area contributed by atoms with Crippen LogP contribution < -0.4 is 10.9 Å². The van der Waals surface area contributed by atoms with Gasteiger partial charge in [-0.25, -0.2) is 4.68 Å². The molecule has 7 heteroatoms. The summed E-state index contributed by atoms with van der Waals surface area (Å²) in [5.74, 6) is -0.280. The van der Waals surface area contributed by atoms with Gasteiger partial charge in [0.2, 0.25) is 5.91 Å². The summed E-state index contributed by atoms with van der Waals surface area (Å²) in [5.41, 5.74) is 2.37. The first kappa shape index (κ1) is 15.5. The molecule has 1 N–H and O–H groups in total. The van der Waals surface area contributed by atoms with Crippen LogP contribution in [0.4, 0.5) is 0 Å². The molecule has 0 aromatic carbocycles. The second kappa shape index (κ2) is 7.28. The number of nitrogens with one attached hydrogen (secondary N) is 1. The third-order valence-electron chi connectivity index (χ3n) is 3.37. The molecule has 0 saturated carbocycles. The van der Waals surface area contributed by atoms with Crippen LogP contribution in [-0.2, 0) is 17.9 Å². The molecule has 3 heterocycles.